The molecule has 0 fully saturated rings. The highest BCUT2D eigenvalue weighted by molar-refractivity contribution is 7.15. The summed E-state index contributed by atoms with van der Waals surface area (Å²) >= 11 is 8.26. The van der Waals surface area contributed by atoms with Gasteiger partial charge < -0.3 is 24.4 Å². The van der Waals surface area contributed by atoms with Gasteiger partial charge in [-0.2, -0.15) is 0 Å². The fourth-order valence-electron chi connectivity index (χ4n) is 5.24. The van der Waals surface area contributed by atoms with Gasteiger partial charge in [-0.1, -0.05) is 35.9 Å². The Bertz CT molecular complexity index is 1430. The van der Waals surface area contributed by atoms with Crippen molar-refractivity contribution in [1.29, 1.82) is 0 Å². The SMILES string of the molecule is COc1ccc([C@H]2c3cccn3-c3sc4c(c3CN2C(=O)Nc2ccccc2Cl)CCN(C)C4)cc1. The zero-order valence-electron chi connectivity index (χ0n) is 20.2. The molecule has 8 heteroatoms. The van der Waals surface area contributed by atoms with E-state index in [0.717, 1.165) is 36.5 Å². The largest absolute Gasteiger partial charge is 0.497 e. The molecule has 0 unspecified atom stereocenters. The molecular formula is C28H27ClN4O2S. The van der Waals surface area contributed by atoms with Crippen LogP contribution in [0.2, 0.25) is 5.02 Å². The highest BCUT2D eigenvalue weighted by Crippen LogP contribution is 2.43. The maximum Gasteiger partial charge on any atom is 0.323 e. The number of ether oxygens (including phenoxy) is 1. The van der Waals surface area contributed by atoms with Crippen molar-refractivity contribution in [3.05, 3.63) is 99.1 Å². The van der Waals surface area contributed by atoms with Crippen molar-refractivity contribution in [2.75, 3.05) is 26.0 Å². The van der Waals surface area contributed by atoms with Gasteiger partial charge >= 0.3 is 6.03 Å². The van der Waals surface area contributed by atoms with Crippen molar-refractivity contribution < 1.29 is 9.53 Å². The second kappa shape index (κ2) is 9.32. The molecule has 2 amide bonds. The van der Waals surface area contributed by atoms with Crippen LogP contribution in [0.15, 0.2) is 66.9 Å². The van der Waals surface area contributed by atoms with E-state index in [1.165, 1.54) is 21.0 Å². The zero-order valence-corrected chi connectivity index (χ0v) is 21.8. The molecule has 4 aromatic rings. The highest BCUT2D eigenvalue weighted by Gasteiger charge is 2.36. The number of thiophene rings is 1. The highest BCUT2D eigenvalue weighted by atomic mass is 35.5. The topological polar surface area (TPSA) is 49.7 Å². The van der Waals surface area contributed by atoms with E-state index < -0.39 is 0 Å². The number of para-hydroxylation sites is 1. The molecule has 0 aliphatic carbocycles. The smallest absolute Gasteiger partial charge is 0.323 e. The quantitative estimate of drug-likeness (QED) is 0.345. The second-order valence-corrected chi connectivity index (χ2v) is 10.8. The Balaban J connectivity index is 1.49. The second-order valence-electron chi connectivity index (χ2n) is 9.29. The van der Waals surface area contributed by atoms with Crippen LogP contribution in [0.25, 0.3) is 5.00 Å². The Hall–Kier alpha value is -3.26. The first-order valence-electron chi connectivity index (χ1n) is 12.0. The fourth-order valence-corrected chi connectivity index (χ4v) is 6.86. The van der Waals surface area contributed by atoms with Crippen LogP contribution in [0.5, 0.6) is 5.75 Å². The fraction of sp³-hybridized carbons (Fsp3) is 0.250. The molecule has 0 bridgehead atoms. The lowest BCUT2D eigenvalue weighted by atomic mass is 10.00. The average molecular weight is 519 g/mol. The predicted octanol–water partition coefficient (Wildman–Crippen LogP) is 6.33. The minimum absolute atomic E-state index is 0.183. The third kappa shape index (κ3) is 3.97. The van der Waals surface area contributed by atoms with Gasteiger partial charge in [0.1, 0.15) is 10.8 Å². The van der Waals surface area contributed by atoms with E-state index in [9.17, 15) is 4.79 Å². The van der Waals surface area contributed by atoms with Gasteiger partial charge in [0.05, 0.1) is 36.1 Å². The van der Waals surface area contributed by atoms with Crippen molar-refractivity contribution >= 4 is 34.7 Å². The number of nitrogens with one attached hydrogen (secondary N) is 1. The van der Waals surface area contributed by atoms with E-state index in [-0.39, 0.29) is 12.1 Å². The van der Waals surface area contributed by atoms with E-state index in [2.05, 4.69) is 40.2 Å². The molecule has 6 rings (SSSR count). The van der Waals surface area contributed by atoms with Crippen LogP contribution >= 0.6 is 22.9 Å². The minimum Gasteiger partial charge on any atom is -0.497 e. The van der Waals surface area contributed by atoms with Gasteiger partial charge in [-0.05, 0) is 61.0 Å². The van der Waals surface area contributed by atoms with Crippen molar-refractivity contribution in [3.8, 4) is 10.8 Å². The number of fused-ring (bicyclic) bond motifs is 5. The van der Waals surface area contributed by atoms with Gasteiger partial charge in [-0.3, -0.25) is 0 Å². The Morgan fingerprint density at radius 1 is 1.06 bits per heavy atom. The number of methoxy groups -OCH3 is 1. The van der Waals surface area contributed by atoms with Crippen LogP contribution < -0.4 is 10.1 Å². The third-order valence-corrected chi connectivity index (χ3v) is 8.65. The Kier molecular flexibility index (Phi) is 5.99. The molecule has 0 spiro atoms. The molecule has 2 aliphatic heterocycles. The lowest BCUT2D eigenvalue weighted by Crippen LogP contribution is -2.38. The number of hydrogen-bond acceptors (Lipinski definition) is 4. The minimum atomic E-state index is -0.282. The number of halogens is 1. The molecular weight excluding hydrogens is 492 g/mol. The summed E-state index contributed by atoms with van der Waals surface area (Å²) in [5.41, 5.74) is 5.31. The van der Waals surface area contributed by atoms with Crippen molar-refractivity contribution in [2.45, 2.75) is 25.6 Å². The number of carbonyl (C=O) groups excluding carboxylic acids is 1. The van der Waals surface area contributed by atoms with Gasteiger partial charge in [0.15, 0.2) is 0 Å². The first-order valence-corrected chi connectivity index (χ1v) is 13.2. The number of benzene rings is 2. The average Bonchev–Trinajstić information content (AvgIpc) is 3.47. The van der Waals surface area contributed by atoms with Gasteiger partial charge in [-0.25, -0.2) is 4.79 Å². The maximum atomic E-state index is 14.0. The molecule has 6 nitrogen and oxygen atoms in total. The summed E-state index contributed by atoms with van der Waals surface area (Å²) in [5.74, 6) is 0.784. The first-order chi connectivity index (χ1) is 17.5. The molecule has 2 aromatic carbocycles. The molecule has 0 radical (unpaired) electrons. The number of carbonyl (C=O) groups is 1. The number of likely N-dealkylation sites (N-methyl/N-ethyl adjacent to an activating group) is 1. The number of aromatic nitrogens is 1. The molecule has 184 valence electrons. The van der Waals surface area contributed by atoms with Crippen molar-refractivity contribution in [2.24, 2.45) is 0 Å². The van der Waals surface area contributed by atoms with Gasteiger partial charge in [0.2, 0.25) is 0 Å². The zero-order chi connectivity index (χ0) is 24.8. The van der Waals surface area contributed by atoms with E-state index in [4.69, 9.17) is 16.3 Å². The van der Waals surface area contributed by atoms with E-state index in [1.807, 2.05) is 58.7 Å². The molecule has 0 saturated carbocycles. The summed E-state index contributed by atoms with van der Waals surface area (Å²) in [4.78, 5) is 19.7. The van der Waals surface area contributed by atoms with Gasteiger partial charge in [0.25, 0.3) is 0 Å². The van der Waals surface area contributed by atoms with Crippen LogP contribution in [0.1, 0.15) is 33.3 Å². The van der Waals surface area contributed by atoms with Crippen LogP contribution in [0.4, 0.5) is 10.5 Å². The summed E-state index contributed by atoms with van der Waals surface area (Å²) in [5, 5.41) is 4.80. The number of rotatable bonds is 3. The van der Waals surface area contributed by atoms with Crippen LogP contribution in [0, 0.1) is 0 Å². The lowest BCUT2D eigenvalue weighted by molar-refractivity contribution is 0.194. The summed E-state index contributed by atoms with van der Waals surface area (Å²) in [6, 6.07) is 19.1. The Morgan fingerprint density at radius 3 is 2.64 bits per heavy atom. The van der Waals surface area contributed by atoms with Crippen molar-refractivity contribution in [3.63, 3.8) is 0 Å². The standard InChI is InChI=1S/C28H27ClN4O2S/c1-31-15-13-20-21-16-33(28(34)30-23-7-4-3-6-22(23)29)26(18-9-11-19(35-2)12-10-18)24-8-5-14-32(24)27(21)36-25(20)17-31/h3-12,14,26H,13,15-17H2,1-2H3,(H,30,34)/t26-/m0/s1. The van der Waals surface area contributed by atoms with E-state index in [1.54, 1.807) is 13.2 Å². The van der Waals surface area contributed by atoms with Gasteiger partial charge in [-0.15, -0.1) is 11.3 Å². The van der Waals surface area contributed by atoms with Crippen molar-refractivity contribution in [1.82, 2.24) is 14.4 Å². The van der Waals surface area contributed by atoms with E-state index in [0.29, 0.717) is 17.3 Å². The lowest BCUT2D eigenvalue weighted by Gasteiger charge is -2.32. The van der Waals surface area contributed by atoms with E-state index >= 15 is 0 Å². The van der Waals surface area contributed by atoms with Crippen LogP contribution in [-0.2, 0) is 19.5 Å². The maximum absolute atomic E-state index is 14.0. The van der Waals surface area contributed by atoms with Crippen LogP contribution in [-0.4, -0.2) is 41.1 Å². The van der Waals surface area contributed by atoms with Crippen LogP contribution in [0.3, 0.4) is 0 Å². The summed E-state index contributed by atoms with van der Waals surface area (Å²) in [6.45, 7) is 2.47. The summed E-state index contributed by atoms with van der Waals surface area (Å²) < 4.78 is 7.67. The monoisotopic (exact) mass is 518 g/mol. The third-order valence-electron chi connectivity index (χ3n) is 7.06. The molecule has 1 N–H and O–H groups in total. The molecule has 2 aliphatic rings. The molecule has 36 heavy (non-hydrogen) atoms. The normalized spacial score (nSPS) is 17.1. The number of anilines is 1. The Morgan fingerprint density at radius 2 is 1.86 bits per heavy atom. The number of amides is 2. The van der Waals surface area contributed by atoms with Gasteiger partial charge in [0, 0.05) is 29.7 Å². The molecule has 1 atom stereocenters. The number of nitrogens with zero attached hydrogens (tertiary/aromatic N) is 3. The predicted molar refractivity (Wildman–Crippen MR) is 145 cm³/mol. The summed E-state index contributed by atoms with van der Waals surface area (Å²) in [7, 11) is 3.83. The molecule has 2 aromatic heterocycles. The first kappa shape index (κ1) is 23.2. The summed E-state index contributed by atoms with van der Waals surface area (Å²) in [6.07, 6.45) is 3.10. The molecule has 0 saturated heterocycles. The molecule has 4 heterocycles. The Labute approximate surface area is 219 Å². The number of urea groups is 1. The number of hydrogen-bond donors (Lipinski definition) is 1.